The SMILES string of the molecule is COc1ccc(S(=O)(=O)Oc2ccc3c(c2)OC(=Cc2ccccc2OC)C3=O)cc1. The van der Waals surface area contributed by atoms with Gasteiger partial charge < -0.3 is 18.4 Å². The average Bonchev–Trinajstić information content (AvgIpc) is 3.08. The van der Waals surface area contributed by atoms with Crippen LogP contribution in [-0.4, -0.2) is 28.4 Å². The Morgan fingerprint density at radius 2 is 1.58 bits per heavy atom. The van der Waals surface area contributed by atoms with Crippen LogP contribution in [0.3, 0.4) is 0 Å². The van der Waals surface area contributed by atoms with Crippen molar-refractivity contribution in [2.75, 3.05) is 14.2 Å². The smallest absolute Gasteiger partial charge is 0.339 e. The largest absolute Gasteiger partial charge is 0.497 e. The molecular formula is C23H18O7S. The number of fused-ring (bicyclic) bond motifs is 1. The molecule has 0 aromatic heterocycles. The highest BCUT2D eigenvalue weighted by Crippen LogP contribution is 2.36. The van der Waals surface area contributed by atoms with Gasteiger partial charge in [-0.05, 0) is 48.5 Å². The molecule has 31 heavy (non-hydrogen) atoms. The van der Waals surface area contributed by atoms with Gasteiger partial charge in [0.05, 0.1) is 19.8 Å². The van der Waals surface area contributed by atoms with E-state index in [1.165, 1.54) is 56.7 Å². The minimum absolute atomic E-state index is 0.0254. The van der Waals surface area contributed by atoms with Gasteiger partial charge in [-0.3, -0.25) is 4.79 Å². The van der Waals surface area contributed by atoms with Crippen molar-refractivity contribution < 1.29 is 31.6 Å². The van der Waals surface area contributed by atoms with Crippen LogP contribution in [-0.2, 0) is 10.1 Å². The van der Waals surface area contributed by atoms with Crippen molar-refractivity contribution in [1.29, 1.82) is 0 Å². The molecule has 4 rings (SSSR count). The summed E-state index contributed by atoms with van der Waals surface area (Å²) in [5, 5.41) is 0. The van der Waals surface area contributed by atoms with Crippen molar-refractivity contribution in [1.82, 2.24) is 0 Å². The fourth-order valence-electron chi connectivity index (χ4n) is 3.06. The third kappa shape index (κ3) is 4.10. The number of carbonyl (C=O) groups is 1. The first-order valence-electron chi connectivity index (χ1n) is 9.21. The van der Waals surface area contributed by atoms with Gasteiger partial charge in [-0.25, -0.2) is 0 Å². The Balaban J connectivity index is 1.59. The molecule has 0 saturated heterocycles. The Hall–Kier alpha value is -3.78. The van der Waals surface area contributed by atoms with Crippen LogP contribution < -0.4 is 18.4 Å². The number of Topliss-reactive ketones (excluding diaryl/α,β-unsaturated/α-hetero) is 1. The quantitative estimate of drug-likeness (QED) is 0.423. The monoisotopic (exact) mass is 438 g/mol. The number of ketones is 1. The topological polar surface area (TPSA) is 88.1 Å². The van der Waals surface area contributed by atoms with E-state index in [-0.39, 0.29) is 27.9 Å². The molecule has 158 valence electrons. The lowest BCUT2D eigenvalue weighted by atomic mass is 10.1. The number of para-hydroxylation sites is 1. The maximum Gasteiger partial charge on any atom is 0.339 e. The third-order valence-corrected chi connectivity index (χ3v) is 5.88. The number of methoxy groups -OCH3 is 2. The normalized spacial score (nSPS) is 14.1. The summed E-state index contributed by atoms with van der Waals surface area (Å²) in [6.45, 7) is 0. The highest BCUT2D eigenvalue weighted by Gasteiger charge is 2.29. The van der Waals surface area contributed by atoms with Crippen LogP contribution in [0.1, 0.15) is 15.9 Å². The number of benzene rings is 3. The molecule has 0 spiro atoms. The summed E-state index contributed by atoms with van der Waals surface area (Å²) in [5.74, 6) is 1.16. The molecule has 0 atom stereocenters. The molecule has 0 radical (unpaired) electrons. The third-order valence-electron chi connectivity index (χ3n) is 4.62. The maximum atomic E-state index is 12.7. The molecule has 7 nitrogen and oxygen atoms in total. The molecule has 1 heterocycles. The molecule has 0 aliphatic carbocycles. The van der Waals surface area contributed by atoms with Crippen LogP contribution >= 0.6 is 0 Å². The summed E-state index contributed by atoms with van der Waals surface area (Å²) in [6.07, 6.45) is 1.58. The molecular weight excluding hydrogens is 420 g/mol. The van der Waals surface area contributed by atoms with Gasteiger partial charge in [0.1, 0.15) is 27.9 Å². The molecule has 1 aliphatic heterocycles. The van der Waals surface area contributed by atoms with Crippen LogP contribution in [0.15, 0.2) is 77.4 Å². The van der Waals surface area contributed by atoms with E-state index in [1.54, 1.807) is 18.2 Å². The zero-order valence-electron chi connectivity index (χ0n) is 16.7. The number of ether oxygens (including phenoxy) is 3. The van der Waals surface area contributed by atoms with Gasteiger partial charge in [-0.2, -0.15) is 8.42 Å². The second-order valence-corrected chi connectivity index (χ2v) is 8.10. The van der Waals surface area contributed by atoms with E-state index in [9.17, 15) is 13.2 Å². The Morgan fingerprint density at radius 3 is 2.29 bits per heavy atom. The predicted octanol–water partition coefficient (Wildman–Crippen LogP) is 4.09. The van der Waals surface area contributed by atoms with Crippen LogP contribution in [0.4, 0.5) is 0 Å². The molecule has 0 N–H and O–H groups in total. The van der Waals surface area contributed by atoms with E-state index in [0.29, 0.717) is 22.6 Å². The molecule has 0 fully saturated rings. The van der Waals surface area contributed by atoms with Gasteiger partial charge in [0.25, 0.3) is 0 Å². The molecule has 0 bridgehead atoms. The summed E-state index contributed by atoms with van der Waals surface area (Å²) in [4.78, 5) is 12.6. The lowest BCUT2D eigenvalue weighted by molar-refractivity contribution is 0.101. The predicted molar refractivity (Wildman–Crippen MR) is 113 cm³/mol. The van der Waals surface area contributed by atoms with Crippen LogP contribution in [0, 0.1) is 0 Å². The van der Waals surface area contributed by atoms with E-state index in [1.807, 2.05) is 12.1 Å². The summed E-state index contributed by atoms with van der Waals surface area (Å²) in [5.41, 5.74) is 0.995. The highest BCUT2D eigenvalue weighted by atomic mass is 32.2. The number of allylic oxidation sites excluding steroid dienone is 1. The lowest BCUT2D eigenvalue weighted by Gasteiger charge is -2.08. The van der Waals surface area contributed by atoms with Crippen molar-refractivity contribution in [3.8, 4) is 23.0 Å². The standard InChI is InChI=1S/C23H18O7S/c1-27-16-7-10-18(11-8-16)31(25,26)30-17-9-12-19-21(14-17)29-22(23(19)24)13-15-5-3-4-6-20(15)28-2/h3-14H,1-2H3. The fourth-order valence-corrected chi connectivity index (χ4v) is 3.99. The molecule has 8 heteroatoms. The molecule has 0 unspecified atom stereocenters. The van der Waals surface area contributed by atoms with Crippen molar-refractivity contribution in [2.24, 2.45) is 0 Å². The van der Waals surface area contributed by atoms with Crippen molar-refractivity contribution in [3.63, 3.8) is 0 Å². The van der Waals surface area contributed by atoms with Crippen LogP contribution in [0.5, 0.6) is 23.0 Å². The molecule has 0 amide bonds. The Labute approximate surface area is 179 Å². The van der Waals surface area contributed by atoms with Crippen molar-refractivity contribution in [2.45, 2.75) is 4.90 Å². The molecule has 0 saturated carbocycles. The average molecular weight is 438 g/mol. The van der Waals surface area contributed by atoms with Gasteiger partial charge in [-0.1, -0.05) is 18.2 Å². The first-order valence-corrected chi connectivity index (χ1v) is 10.6. The maximum absolute atomic E-state index is 12.7. The van der Waals surface area contributed by atoms with Crippen molar-refractivity contribution >= 4 is 22.0 Å². The summed E-state index contributed by atoms with van der Waals surface area (Å²) >= 11 is 0. The molecule has 3 aromatic rings. The van der Waals surface area contributed by atoms with E-state index >= 15 is 0 Å². The lowest BCUT2D eigenvalue weighted by Crippen LogP contribution is -2.09. The number of hydrogen-bond acceptors (Lipinski definition) is 7. The Bertz CT molecular complexity index is 1280. The van der Waals surface area contributed by atoms with Gasteiger partial charge in [0.2, 0.25) is 5.78 Å². The van der Waals surface area contributed by atoms with E-state index in [4.69, 9.17) is 18.4 Å². The second-order valence-electron chi connectivity index (χ2n) is 6.55. The van der Waals surface area contributed by atoms with Crippen LogP contribution in [0.25, 0.3) is 6.08 Å². The first kappa shape index (κ1) is 20.5. The van der Waals surface area contributed by atoms with Gasteiger partial charge >= 0.3 is 10.1 Å². The molecule has 1 aliphatic rings. The van der Waals surface area contributed by atoms with Gasteiger partial charge in [0.15, 0.2) is 5.76 Å². The number of carbonyl (C=O) groups excluding carboxylic acids is 1. The minimum Gasteiger partial charge on any atom is -0.497 e. The highest BCUT2D eigenvalue weighted by molar-refractivity contribution is 7.87. The van der Waals surface area contributed by atoms with Gasteiger partial charge in [-0.15, -0.1) is 0 Å². The second kappa shape index (κ2) is 8.16. The van der Waals surface area contributed by atoms with E-state index in [2.05, 4.69) is 0 Å². The van der Waals surface area contributed by atoms with Crippen LogP contribution in [0.2, 0.25) is 0 Å². The Kier molecular flexibility index (Phi) is 5.39. The number of rotatable bonds is 6. The summed E-state index contributed by atoms with van der Waals surface area (Å²) in [6, 6.07) is 17.3. The zero-order valence-corrected chi connectivity index (χ0v) is 17.5. The molecule has 3 aromatic carbocycles. The minimum atomic E-state index is -4.07. The summed E-state index contributed by atoms with van der Waals surface area (Å²) < 4.78 is 46.3. The zero-order chi connectivity index (χ0) is 22.0. The Morgan fingerprint density at radius 1 is 0.871 bits per heavy atom. The summed E-state index contributed by atoms with van der Waals surface area (Å²) in [7, 11) is -1.04. The van der Waals surface area contributed by atoms with Crippen molar-refractivity contribution in [3.05, 3.63) is 83.6 Å². The van der Waals surface area contributed by atoms with E-state index in [0.717, 1.165) is 0 Å². The van der Waals surface area contributed by atoms with Gasteiger partial charge in [0, 0.05) is 11.6 Å². The fraction of sp³-hybridized carbons (Fsp3) is 0.0870. The number of hydrogen-bond donors (Lipinski definition) is 0. The van der Waals surface area contributed by atoms with E-state index < -0.39 is 10.1 Å². The first-order chi connectivity index (χ1) is 14.9.